The number of rotatable bonds is 1. The Morgan fingerprint density at radius 2 is 1.65 bits per heavy atom. The first-order chi connectivity index (χ1) is 14.9. The highest BCUT2D eigenvalue weighted by Crippen LogP contribution is 2.59. The van der Waals surface area contributed by atoms with E-state index in [0.29, 0.717) is 5.56 Å². The van der Waals surface area contributed by atoms with Crippen LogP contribution >= 0.6 is 7.14 Å². The molecule has 0 aliphatic carbocycles. The van der Waals surface area contributed by atoms with Crippen LogP contribution in [-0.2, 0) is 4.57 Å². The molecule has 0 amide bonds. The Bertz CT molecular complexity index is 1500. The molecule has 4 aromatic rings. The molecule has 1 heterocycles. The second-order valence-electron chi connectivity index (χ2n) is 7.99. The first-order valence-electron chi connectivity index (χ1n) is 10.2. The van der Waals surface area contributed by atoms with E-state index in [1.807, 2.05) is 86.4 Å². The van der Waals surface area contributed by atoms with Gasteiger partial charge in [-0.1, -0.05) is 84.1 Å². The Morgan fingerprint density at radius 1 is 0.871 bits per heavy atom. The molecule has 1 atom stereocenters. The molecule has 0 bridgehead atoms. The molecule has 150 valence electrons. The highest BCUT2D eigenvalue weighted by molar-refractivity contribution is 7.81. The van der Waals surface area contributed by atoms with E-state index in [1.165, 1.54) is 0 Å². The number of hydrogen-bond acceptors (Lipinski definition) is 2. The third-order valence-electron chi connectivity index (χ3n) is 5.83. The molecule has 0 spiro atoms. The number of benzene rings is 4. The highest BCUT2D eigenvalue weighted by atomic mass is 31.2. The van der Waals surface area contributed by atoms with Crippen molar-refractivity contribution in [3.8, 4) is 17.6 Å². The van der Waals surface area contributed by atoms with Crippen molar-refractivity contribution >= 4 is 34.6 Å². The van der Waals surface area contributed by atoms with Gasteiger partial charge in [0.2, 0.25) is 0 Å². The van der Waals surface area contributed by atoms with Gasteiger partial charge in [-0.15, -0.1) is 0 Å². The van der Waals surface area contributed by atoms with Crippen LogP contribution in [0.4, 0.5) is 0 Å². The quantitative estimate of drug-likeness (QED) is 0.286. The molecule has 2 nitrogen and oxygen atoms in total. The second kappa shape index (κ2) is 7.31. The summed E-state index contributed by atoms with van der Waals surface area (Å²) in [4.78, 5) is 0. The molecule has 1 unspecified atom stereocenters. The van der Waals surface area contributed by atoms with Gasteiger partial charge < -0.3 is 9.67 Å². The predicted molar refractivity (Wildman–Crippen MR) is 130 cm³/mol. The Kier molecular flexibility index (Phi) is 4.58. The summed E-state index contributed by atoms with van der Waals surface area (Å²) in [6, 6.07) is 25.4. The minimum atomic E-state index is -2.70. The van der Waals surface area contributed by atoms with Crippen LogP contribution < -0.4 is 5.30 Å². The van der Waals surface area contributed by atoms with Gasteiger partial charge in [-0.3, -0.25) is 0 Å². The van der Waals surface area contributed by atoms with Crippen molar-refractivity contribution in [1.29, 1.82) is 0 Å². The van der Waals surface area contributed by atoms with Crippen molar-refractivity contribution in [2.24, 2.45) is 0 Å². The summed E-state index contributed by atoms with van der Waals surface area (Å²) in [7, 11) is -2.70. The summed E-state index contributed by atoms with van der Waals surface area (Å²) < 4.78 is 13.7. The van der Waals surface area contributed by atoms with Crippen LogP contribution in [0.5, 0.6) is 5.75 Å². The maximum absolute atomic E-state index is 13.7. The Labute approximate surface area is 182 Å². The molecule has 1 N–H and O–H groups in total. The maximum atomic E-state index is 13.7. The van der Waals surface area contributed by atoms with Gasteiger partial charge in [0.05, 0.1) is 5.56 Å². The predicted octanol–water partition coefficient (Wildman–Crippen LogP) is 6.38. The molecule has 0 aromatic heterocycles. The Balaban J connectivity index is 1.65. The summed E-state index contributed by atoms with van der Waals surface area (Å²) in [5.41, 5.74) is 4.46. The molecule has 0 saturated heterocycles. The van der Waals surface area contributed by atoms with E-state index < -0.39 is 7.14 Å². The molecule has 1 aliphatic heterocycles. The van der Waals surface area contributed by atoms with Gasteiger partial charge >= 0.3 is 0 Å². The number of phenolic OH excluding ortho intramolecular Hbond substituents is 1. The lowest BCUT2D eigenvalue weighted by Gasteiger charge is -2.14. The number of hydrogen-bond donors (Lipinski definition) is 1. The van der Waals surface area contributed by atoms with E-state index in [4.69, 9.17) is 0 Å². The van der Waals surface area contributed by atoms with E-state index in [-0.39, 0.29) is 5.75 Å². The molecule has 0 radical (unpaired) electrons. The minimum Gasteiger partial charge on any atom is -0.507 e. The zero-order chi connectivity index (χ0) is 21.6. The zero-order valence-electron chi connectivity index (χ0n) is 17.4. The van der Waals surface area contributed by atoms with E-state index in [0.717, 1.165) is 43.6 Å². The van der Waals surface area contributed by atoms with Crippen molar-refractivity contribution in [1.82, 2.24) is 0 Å². The van der Waals surface area contributed by atoms with Gasteiger partial charge in [0, 0.05) is 27.1 Å². The lowest BCUT2D eigenvalue weighted by Crippen LogP contribution is -2.03. The van der Waals surface area contributed by atoms with Crippen LogP contribution in [0.3, 0.4) is 0 Å². The third-order valence-corrected chi connectivity index (χ3v) is 8.44. The van der Waals surface area contributed by atoms with E-state index in [1.54, 1.807) is 6.07 Å². The van der Waals surface area contributed by atoms with Crippen LogP contribution in [-0.4, -0.2) is 11.8 Å². The van der Waals surface area contributed by atoms with Crippen molar-refractivity contribution < 1.29 is 9.67 Å². The lowest BCUT2D eigenvalue weighted by atomic mass is 10.0. The molecular weight excluding hydrogens is 399 g/mol. The van der Waals surface area contributed by atoms with Gasteiger partial charge in [-0.05, 0) is 42.7 Å². The Morgan fingerprint density at radius 3 is 2.48 bits per heavy atom. The monoisotopic (exact) mass is 420 g/mol. The third kappa shape index (κ3) is 3.28. The fraction of sp³-hybridized carbons (Fsp3) is 0.0714. The fourth-order valence-electron chi connectivity index (χ4n) is 4.22. The fourth-order valence-corrected chi connectivity index (χ4v) is 6.52. The summed E-state index contributed by atoms with van der Waals surface area (Å²) in [5, 5.41) is 14.2. The van der Waals surface area contributed by atoms with Crippen molar-refractivity contribution in [3.63, 3.8) is 0 Å². The average molecular weight is 420 g/mol. The first kappa shape index (κ1) is 19.4. The molecule has 3 heteroatoms. The van der Waals surface area contributed by atoms with Crippen LogP contribution in [0.1, 0.15) is 27.8 Å². The molecule has 5 rings (SSSR count). The molecule has 31 heavy (non-hydrogen) atoms. The largest absolute Gasteiger partial charge is 0.507 e. The number of aromatic hydroxyl groups is 1. The normalized spacial score (nSPS) is 17.0. The lowest BCUT2D eigenvalue weighted by molar-refractivity contribution is 0.474. The van der Waals surface area contributed by atoms with Gasteiger partial charge in [0.1, 0.15) is 12.9 Å². The van der Waals surface area contributed by atoms with E-state index in [2.05, 4.69) is 17.9 Å². The average Bonchev–Trinajstić information content (AvgIpc) is 3.04. The number of phenols is 1. The van der Waals surface area contributed by atoms with Gasteiger partial charge in [0.25, 0.3) is 0 Å². The summed E-state index contributed by atoms with van der Waals surface area (Å²) in [5.74, 6) is 6.60. The maximum Gasteiger partial charge on any atom is 0.141 e. The molecule has 4 aromatic carbocycles. The molecular formula is C28H21O2P. The van der Waals surface area contributed by atoms with E-state index in [9.17, 15) is 9.67 Å². The van der Waals surface area contributed by atoms with Gasteiger partial charge in [0.15, 0.2) is 0 Å². The topological polar surface area (TPSA) is 37.3 Å². The molecule has 0 fully saturated rings. The smallest absolute Gasteiger partial charge is 0.141 e. The van der Waals surface area contributed by atoms with Gasteiger partial charge in [-0.25, -0.2) is 0 Å². The Hall–Kier alpha value is -3.53. The van der Waals surface area contributed by atoms with Crippen LogP contribution in [0.25, 0.3) is 22.2 Å². The van der Waals surface area contributed by atoms with Crippen LogP contribution in [0, 0.1) is 18.8 Å². The number of fused-ring (bicyclic) bond motifs is 2. The van der Waals surface area contributed by atoms with Crippen LogP contribution in [0.15, 0.2) is 78.9 Å². The molecule has 1 aliphatic rings. The van der Waals surface area contributed by atoms with Crippen molar-refractivity contribution in [2.75, 3.05) is 6.66 Å². The van der Waals surface area contributed by atoms with Crippen molar-refractivity contribution in [3.05, 3.63) is 107 Å². The number of aryl methyl sites for hydroxylation is 1. The summed E-state index contributed by atoms with van der Waals surface area (Å²) in [6.07, 6.45) is 2.02. The zero-order valence-corrected chi connectivity index (χ0v) is 18.3. The highest BCUT2D eigenvalue weighted by Gasteiger charge is 2.33. The van der Waals surface area contributed by atoms with Gasteiger partial charge in [-0.2, -0.15) is 0 Å². The van der Waals surface area contributed by atoms with E-state index >= 15 is 0 Å². The van der Waals surface area contributed by atoms with Crippen molar-refractivity contribution in [2.45, 2.75) is 6.92 Å². The minimum absolute atomic E-state index is 0.162. The first-order valence-corrected chi connectivity index (χ1v) is 12.3. The standard InChI is InChI=1S/C28H21O2P/c1-19-11-14-23-21(17-19)13-16-26(29)25(23)15-12-20-7-3-5-9-24(20)28-18-22-8-4-6-10-27(22)31(28,2)30/h3-11,13-14,16-18,29H,1-2H3. The second-order valence-corrected chi connectivity index (χ2v) is 10.8. The summed E-state index contributed by atoms with van der Waals surface area (Å²) in [6.45, 7) is 3.87. The van der Waals surface area contributed by atoms with Crippen LogP contribution in [0.2, 0.25) is 0 Å². The molecule has 0 saturated carbocycles. The summed E-state index contributed by atoms with van der Waals surface area (Å²) >= 11 is 0. The SMILES string of the molecule is Cc1ccc2c(C#Cc3ccccc3C3=Cc4ccccc4P3(C)=O)c(O)ccc2c1.